The number of hydrogen-bond acceptors (Lipinski definition) is 2. The van der Waals surface area contributed by atoms with Gasteiger partial charge in [0, 0.05) is 49.6 Å². The number of allylic oxidation sites excluding steroid dienone is 1. The van der Waals surface area contributed by atoms with Crippen LogP contribution in [-0.2, 0) is 13.0 Å². The van der Waals surface area contributed by atoms with Gasteiger partial charge < -0.3 is 4.98 Å². The van der Waals surface area contributed by atoms with Crippen LogP contribution in [0.25, 0.3) is 0 Å². The zero-order valence-corrected chi connectivity index (χ0v) is 10.6. The molecule has 0 saturated carbocycles. The first kappa shape index (κ1) is 12.1. The summed E-state index contributed by atoms with van der Waals surface area (Å²) < 4.78 is 0. The van der Waals surface area contributed by atoms with Crippen molar-refractivity contribution in [2.24, 2.45) is 0 Å². The molecule has 1 aromatic rings. The minimum absolute atomic E-state index is 0.172. The Kier molecular flexibility index (Phi) is 3.79. The van der Waals surface area contributed by atoms with E-state index in [4.69, 9.17) is 0 Å². The van der Waals surface area contributed by atoms with E-state index in [-0.39, 0.29) is 5.43 Å². The topological polar surface area (TPSA) is 36.1 Å². The molecule has 1 aliphatic heterocycles. The van der Waals surface area contributed by atoms with E-state index in [1.165, 1.54) is 5.57 Å². The van der Waals surface area contributed by atoms with Gasteiger partial charge in [-0.3, -0.25) is 9.69 Å². The van der Waals surface area contributed by atoms with Crippen molar-refractivity contribution in [3.05, 3.63) is 45.4 Å². The monoisotopic (exact) mass is 232 g/mol. The standard InChI is InChI=1S/C14H20N2O/c1-3-11(2)5-8-16-9-6-13-12(10-16)14(17)4-7-15-13/h3-4,7H,5-6,8-10H2,1-2H3,(H,15,17)/b11-3+. The summed E-state index contributed by atoms with van der Waals surface area (Å²) in [4.78, 5) is 17.3. The van der Waals surface area contributed by atoms with Gasteiger partial charge in [-0.05, 0) is 20.3 Å². The van der Waals surface area contributed by atoms with Crippen molar-refractivity contribution in [1.82, 2.24) is 9.88 Å². The number of nitrogens with one attached hydrogen (secondary N) is 1. The molecule has 0 spiro atoms. The molecule has 3 heteroatoms. The van der Waals surface area contributed by atoms with Gasteiger partial charge in [-0.2, -0.15) is 0 Å². The molecule has 0 aromatic carbocycles. The van der Waals surface area contributed by atoms with Crippen molar-refractivity contribution in [3.8, 4) is 0 Å². The van der Waals surface area contributed by atoms with E-state index in [0.717, 1.165) is 43.7 Å². The van der Waals surface area contributed by atoms with E-state index in [1.54, 1.807) is 12.3 Å². The smallest absolute Gasteiger partial charge is 0.186 e. The lowest BCUT2D eigenvalue weighted by atomic mass is 10.0. The molecule has 3 nitrogen and oxygen atoms in total. The lowest BCUT2D eigenvalue weighted by molar-refractivity contribution is 0.254. The molecule has 0 bridgehead atoms. The predicted octanol–water partition coefficient (Wildman–Crippen LogP) is 2.09. The first-order valence-electron chi connectivity index (χ1n) is 6.24. The van der Waals surface area contributed by atoms with Gasteiger partial charge >= 0.3 is 0 Å². The molecule has 0 radical (unpaired) electrons. The highest BCUT2D eigenvalue weighted by Gasteiger charge is 2.18. The zero-order valence-electron chi connectivity index (χ0n) is 10.6. The van der Waals surface area contributed by atoms with Crippen molar-refractivity contribution in [3.63, 3.8) is 0 Å². The van der Waals surface area contributed by atoms with E-state index in [0.29, 0.717) is 0 Å². The molecule has 2 heterocycles. The fraction of sp³-hybridized carbons (Fsp3) is 0.500. The fourth-order valence-electron chi connectivity index (χ4n) is 2.19. The molecular formula is C14H20N2O. The van der Waals surface area contributed by atoms with Crippen molar-refractivity contribution < 1.29 is 0 Å². The zero-order chi connectivity index (χ0) is 12.3. The maximum absolute atomic E-state index is 11.7. The van der Waals surface area contributed by atoms with Crippen LogP contribution in [0.5, 0.6) is 0 Å². The van der Waals surface area contributed by atoms with Crippen molar-refractivity contribution in [1.29, 1.82) is 0 Å². The Hall–Kier alpha value is -1.35. The summed E-state index contributed by atoms with van der Waals surface area (Å²) in [5.74, 6) is 0. The van der Waals surface area contributed by atoms with Crippen LogP contribution < -0.4 is 5.43 Å². The van der Waals surface area contributed by atoms with Crippen LogP contribution >= 0.6 is 0 Å². The third kappa shape index (κ3) is 2.86. The summed E-state index contributed by atoms with van der Waals surface area (Å²) in [5.41, 5.74) is 3.66. The molecular weight excluding hydrogens is 212 g/mol. The molecule has 1 aromatic heterocycles. The van der Waals surface area contributed by atoms with Crippen molar-refractivity contribution in [2.45, 2.75) is 33.2 Å². The SMILES string of the molecule is C/C=C(\C)CCN1CCc2[nH]ccc(=O)c2C1. The summed E-state index contributed by atoms with van der Waals surface area (Å²) >= 11 is 0. The number of hydrogen-bond donors (Lipinski definition) is 1. The number of H-pyrrole nitrogens is 1. The Morgan fingerprint density at radius 3 is 3.18 bits per heavy atom. The molecule has 1 aliphatic rings. The molecule has 0 fully saturated rings. The molecule has 17 heavy (non-hydrogen) atoms. The molecule has 0 atom stereocenters. The predicted molar refractivity (Wildman–Crippen MR) is 70.1 cm³/mol. The molecule has 0 unspecified atom stereocenters. The summed E-state index contributed by atoms with van der Waals surface area (Å²) in [6.07, 6.45) is 5.96. The van der Waals surface area contributed by atoms with Gasteiger partial charge in [0.1, 0.15) is 0 Å². The molecule has 0 amide bonds. The van der Waals surface area contributed by atoms with Crippen LogP contribution in [0.4, 0.5) is 0 Å². The molecule has 1 N–H and O–H groups in total. The van der Waals surface area contributed by atoms with Crippen LogP contribution in [0, 0.1) is 0 Å². The Morgan fingerprint density at radius 1 is 1.59 bits per heavy atom. The third-order valence-electron chi connectivity index (χ3n) is 3.53. The first-order chi connectivity index (χ1) is 8.20. The van der Waals surface area contributed by atoms with Gasteiger partial charge in [0.25, 0.3) is 0 Å². The normalized spacial score (nSPS) is 16.9. The highest BCUT2D eigenvalue weighted by atomic mass is 16.1. The van der Waals surface area contributed by atoms with Gasteiger partial charge in [-0.25, -0.2) is 0 Å². The average molecular weight is 232 g/mol. The van der Waals surface area contributed by atoms with Crippen molar-refractivity contribution in [2.75, 3.05) is 13.1 Å². The van der Waals surface area contributed by atoms with Crippen LogP contribution in [0.15, 0.2) is 28.7 Å². The minimum atomic E-state index is 0.172. The quantitative estimate of drug-likeness (QED) is 0.810. The highest BCUT2D eigenvalue weighted by molar-refractivity contribution is 5.22. The Bertz CT molecular complexity index is 473. The van der Waals surface area contributed by atoms with E-state index in [1.807, 2.05) is 0 Å². The lowest BCUT2D eigenvalue weighted by Gasteiger charge is -2.27. The van der Waals surface area contributed by atoms with Gasteiger partial charge in [0.15, 0.2) is 5.43 Å². The average Bonchev–Trinajstić information content (AvgIpc) is 2.36. The second-order valence-electron chi connectivity index (χ2n) is 4.71. The number of aromatic amines is 1. The number of pyridine rings is 1. The summed E-state index contributed by atoms with van der Waals surface area (Å²) in [6.45, 7) is 7.12. The Labute approximate surface area is 102 Å². The maximum Gasteiger partial charge on any atom is 0.186 e. The highest BCUT2D eigenvalue weighted by Crippen LogP contribution is 2.14. The first-order valence-corrected chi connectivity index (χ1v) is 6.24. The van der Waals surface area contributed by atoms with Crippen LogP contribution in [0.2, 0.25) is 0 Å². The number of nitrogens with zero attached hydrogens (tertiary/aromatic N) is 1. The Morgan fingerprint density at radius 2 is 2.41 bits per heavy atom. The van der Waals surface area contributed by atoms with Crippen molar-refractivity contribution >= 4 is 0 Å². The van der Waals surface area contributed by atoms with Gasteiger partial charge in [-0.1, -0.05) is 11.6 Å². The molecule has 0 saturated heterocycles. The Balaban J connectivity index is 2.03. The van der Waals surface area contributed by atoms with E-state index >= 15 is 0 Å². The lowest BCUT2D eigenvalue weighted by Crippen LogP contribution is -2.35. The number of rotatable bonds is 3. The van der Waals surface area contributed by atoms with Crippen LogP contribution in [-0.4, -0.2) is 23.0 Å². The van der Waals surface area contributed by atoms with Gasteiger partial charge in [-0.15, -0.1) is 0 Å². The summed E-state index contributed by atoms with van der Waals surface area (Å²) in [5, 5.41) is 0. The summed E-state index contributed by atoms with van der Waals surface area (Å²) in [7, 11) is 0. The molecule has 2 rings (SSSR count). The van der Waals surface area contributed by atoms with Gasteiger partial charge in [0.05, 0.1) is 0 Å². The third-order valence-corrected chi connectivity index (χ3v) is 3.53. The largest absolute Gasteiger partial charge is 0.364 e. The molecule has 92 valence electrons. The van der Waals surface area contributed by atoms with Crippen LogP contribution in [0.1, 0.15) is 31.5 Å². The summed E-state index contributed by atoms with van der Waals surface area (Å²) in [6, 6.07) is 1.62. The molecule has 0 aliphatic carbocycles. The van der Waals surface area contributed by atoms with Crippen LogP contribution in [0.3, 0.4) is 0 Å². The maximum atomic E-state index is 11.7. The van der Waals surface area contributed by atoms with Gasteiger partial charge in [0.2, 0.25) is 0 Å². The number of aromatic nitrogens is 1. The van der Waals surface area contributed by atoms with E-state index in [2.05, 4.69) is 29.8 Å². The van der Waals surface area contributed by atoms with E-state index < -0.39 is 0 Å². The fourth-order valence-corrected chi connectivity index (χ4v) is 2.19. The number of fused-ring (bicyclic) bond motifs is 1. The minimum Gasteiger partial charge on any atom is -0.364 e. The van der Waals surface area contributed by atoms with E-state index in [9.17, 15) is 4.79 Å². The second-order valence-corrected chi connectivity index (χ2v) is 4.71. The second kappa shape index (κ2) is 5.32.